The van der Waals surface area contributed by atoms with E-state index < -0.39 is 37.5 Å². The quantitative estimate of drug-likeness (QED) is 0.476. The molecule has 0 saturated carbocycles. The number of aryl methyl sites for hydroxylation is 1. The van der Waals surface area contributed by atoms with Crippen LogP contribution in [-0.2, 0) is 24.7 Å². The van der Waals surface area contributed by atoms with Crippen molar-refractivity contribution in [1.29, 1.82) is 0 Å². The van der Waals surface area contributed by atoms with Gasteiger partial charge in [-0.3, -0.25) is 4.79 Å². The molecule has 9 heteroatoms. The summed E-state index contributed by atoms with van der Waals surface area (Å²) >= 11 is 0. The van der Waals surface area contributed by atoms with E-state index in [0.717, 1.165) is 5.56 Å². The lowest BCUT2D eigenvalue weighted by Crippen LogP contribution is -2.25. The third kappa shape index (κ3) is 7.64. The van der Waals surface area contributed by atoms with E-state index in [1.165, 1.54) is 24.3 Å². The molecule has 30 heavy (non-hydrogen) atoms. The fraction of sp³-hybridized carbons (Fsp3) is 0.381. The van der Waals surface area contributed by atoms with Crippen LogP contribution in [0.5, 0.6) is 0 Å². The molecule has 0 radical (unpaired) electrons. The van der Waals surface area contributed by atoms with Gasteiger partial charge < -0.3 is 5.11 Å². The molecule has 0 spiro atoms. The molecule has 1 atom stereocenters. The molecule has 7 nitrogen and oxygen atoms in total. The standard InChI is InChI=1S/C21H27NO6S2/c1-17-10-12-21(13-11-17)30(27,28)22-14-6-5-7-18(23)15-19(24)16-29(25,26)20-8-3-2-4-9-20/h2-4,8-13,18,22-23H,5-7,14-16H2,1H3/t18-/m1/s1. The third-order valence-corrected chi connectivity index (χ3v) is 7.67. The van der Waals surface area contributed by atoms with E-state index in [4.69, 9.17) is 0 Å². The van der Waals surface area contributed by atoms with Crippen molar-refractivity contribution in [3.63, 3.8) is 0 Å². The minimum absolute atomic E-state index is 0.0775. The molecule has 2 N–H and O–H groups in total. The van der Waals surface area contributed by atoms with Crippen LogP contribution in [0.4, 0.5) is 0 Å². The number of unbranched alkanes of at least 4 members (excludes halogenated alkanes) is 1. The Bertz CT molecular complexity index is 1030. The van der Waals surface area contributed by atoms with E-state index in [0.29, 0.717) is 12.8 Å². The van der Waals surface area contributed by atoms with Gasteiger partial charge in [0.1, 0.15) is 5.75 Å². The monoisotopic (exact) mass is 453 g/mol. The van der Waals surface area contributed by atoms with Crippen molar-refractivity contribution in [2.45, 2.75) is 48.5 Å². The molecule has 0 saturated heterocycles. The maximum absolute atomic E-state index is 12.2. The molecular formula is C21H27NO6S2. The second kappa shape index (κ2) is 10.8. The third-order valence-electron chi connectivity index (χ3n) is 4.50. The summed E-state index contributed by atoms with van der Waals surface area (Å²) in [4.78, 5) is 12.3. The Kier molecular flexibility index (Phi) is 8.72. The molecule has 0 fully saturated rings. The number of ketones is 1. The van der Waals surface area contributed by atoms with Gasteiger partial charge in [-0.2, -0.15) is 0 Å². The Labute approximate surface area is 178 Å². The van der Waals surface area contributed by atoms with Crippen LogP contribution in [0.2, 0.25) is 0 Å². The van der Waals surface area contributed by atoms with Gasteiger partial charge in [-0.1, -0.05) is 35.9 Å². The fourth-order valence-electron chi connectivity index (χ4n) is 2.86. The molecule has 0 aliphatic carbocycles. The maximum Gasteiger partial charge on any atom is 0.240 e. The van der Waals surface area contributed by atoms with E-state index in [1.54, 1.807) is 30.3 Å². The number of sulfonamides is 1. The van der Waals surface area contributed by atoms with E-state index >= 15 is 0 Å². The summed E-state index contributed by atoms with van der Waals surface area (Å²) in [5.74, 6) is -1.20. The van der Waals surface area contributed by atoms with Crippen LogP contribution in [0.25, 0.3) is 0 Å². The highest BCUT2D eigenvalue weighted by atomic mass is 32.2. The van der Waals surface area contributed by atoms with E-state index in [-0.39, 0.29) is 29.2 Å². The van der Waals surface area contributed by atoms with Gasteiger partial charge in [-0.15, -0.1) is 0 Å². The normalized spacial score (nSPS) is 13.1. The molecule has 0 aromatic heterocycles. The van der Waals surface area contributed by atoms with Crippen LogP contribution in [-0.4, -0.2) is 46.1 Å². The van der Waals surface area contributed by atoms with Gasteiger partial charge in [0.25, 0.3) is 0 Å². The highest BCUT2D eigenvalue weighted by Crippen LogP contribution is 2.13. The van der Waals surface area contributed by atoms with Gasteiger partial charge in [-0.25, -0.2) is 21.6 Å². The Morgan fingerprint density at radius 2 is 1.57 bits per heavy atom. The molecule has 164 valence electrons. The number of carbonyl (C=O) groups is 1. The lowest BCUT2D eigenvalue weighted by molar-refractivity contribution is -0.118. The largest absolute Gasteiger partial charge is 0.393 e. The van der Waals surface area contributed by atoms with Gasteiger partial charge in [-0.05, 0) is 50.5 Å². The predicted octanol–water partition coefficient (Wildman–Crippen LogP) is 2.24. The first-order valence-corrected chi connectivity index (χ1v) is 12.8. The highest BCUT2D eigenvalue weighted by Gasteiger charge is 2.21. The molecule has 2 rings (SSSR count). The predicted molar refractivity (Wildman–Crippen MR) is 114 cm³/mol. The molecule has 0 heterocycles. The Morgan fingerprint density at radius 1 is 0.933 bits per heavy atom. The summed E-state index contributed by atoms with van der Waals surface area (Å²) in [5, 5.41) is 10.00. The average Bonchev–Trinajstić information content (AvgIpc) is 2.68. The van der Waals surface area contributed by atoms with Crippen LogP contribution >= 0.6 is 0 Å². The molecule has 0 unspecified atom stereocenters. The zero-order chi connectivity index (χ0) is 22.2. The lowest BCUT2D eigenvalue weighted by Gasteiger charge is -2.11. The topological polar surface area (TPSA) is 118 Å². The highest BCUT2D eigenvalue weighted by molar-refractivity contribution is 7.92. The summed E-state index contributed by atoms with van der Waals surface area (Å²) in [7, 11) is -7.29. The second-order valence-corrected chi connectivity index (χ2v) is 10.9. The van der Waals surface area contributed by atoms with Crippen molar-refractivity contribution in [2.24, 2.45) is 0 Å². The number of sulfone groups is 1. The molecule has 0 bridgehead atoms. The average molecular weight is 454 g/mol. The van der Waals surface area contributed by atoms with Gasteiger partial charge >= 0.3 is 0 Å². The number of Topliss-reactive ketones (excluding diaryl/α,β-unsaturated/α-hetero) is 1. The van der Waals surface area contributed by atoms with Crippen LogP contribution in [0.1, 0.15) is 31.2 Å². The van der Waals surface area contributed by atoms with Gasteiger partial charge in [0.15, 0.2) is 15.6 Å². The number of hydrogen-bond acceptors (Lipinski definition) is 6. The molecule has 0 aliphatic heterocycles. The van der Waals surface area contributed by atoms with Gasteiger partial charge in [0.05, 0.1) is 15.9 Å². The smallest absolute Gasteiger partial charge is 0.240 e. The molecule has 0 amide bonds. The van der Waals surface area contributed by atoms with Crippen LogP contribution in [0.15, 0.2) is 64.4 Å². The maximum atomic E-state index is 12.2. The number of rotatable bonds is 12. The number of aliphatic hydroxyl groups excluding tert-OH is 1. The van der Waals surface area contributed by atoms with Crippen LogP contribution in [0, 0.1) is 6.92 Å². The summed E-state index contributed by atoms with van der Waals surface area (Å²) in [6.07, 6.45) is 0.0524. The Balaban J connectivity index is 1.70. The van der Waals surface area contributed by atoms with Crippen molar-refractivity contribution < 1.29 is 26.7 Å². The number of nitrogens with one attached hydrogen (secondary N) is 1. The van der Waals surface area contributed by atoms with E-state index in [9.17, 15) is 26.7 Å². The van der Waals surface area contributed by atoms with Gasteiger partial charge in [0.2, 0.25) is 10.0 Å². The Hall–Kier alpha value is -2.07. The number of hydrogen-bond donors (Lipinski definition) is 2. The first-order valence-electron chi connectivity index (χ1n) is 9.64. The van der Waals surface area contributed by atoms with E-state index in [1.807, 2.05) is 6.92 Å². The molecule has 2 aromatic carbocycles. The number of benzene rings is 2. The minimum Gasteiger partial charge on any atom is -0.393 e. The van der Waals surface area contributed by atoms with Crippen molar-refractivity contribution in [3.8, 4) is 0 Å². The fourth-order valence-corrected chi connectivity index (χ4v) is 5.21. The summed E-state index contributed by atoms with van der Waals surface area (Å²) in [6.45, 7) is 2.08. The summed E-state index contributed by atoms with van der Waals surface area (Å²) in [6, 6.07) is 14.2. The lowest BCUT2D eigenvalue weighted by atomic mass is 10.1. The first kappa shape index (κ1) is 24.2. The SMILES string of the molecule is Cc1ccc(S(=O)(=O)NCCCC[C@@H](O)CC(=O)CS(=O)(=O)c2ccccc2)cc1. The number of aliphatic hydroxyl groups is 1. The van der Waals surface area contributed by atoms with Gasteiger partial charge in [0, 0.05) is 13.0 Å². The zero-order valence-corrected chi connectivity index (χ0v) is 18.5. The van der Waals surface area contributed by atoms with Crippen molar-refractivity contribution in [1.82, 2.24) is 4.72 Å². The van der Waals surface area contributed by atoms with Crippen molar-refractivity contribution in [2.75, 3.05) is 12.3 Å². The van der Waals surface area contributed by atoms with E-state index in [2.05, 4.69) is 4.72 Å². The minimum atomic E-state index is -3.72. The Morgan fingerprint density at radius 3 is 2.20 bits per heavy atom. The number of carbonyl (C=O) groups excluding carboxylic acids is 1. The first-order chi connectivity index (χ1) is 14.1. The zero-order valence-electron chi connectivity index (χ0n) is 16.8. The molecular weight excluding hydrogens is 426 g/mol. The second-order valence-electron chi connectivity index (χ2n) is 7.18. The molecule has 0 aliphatic rings. The molecule has 2 aromatic rings. The van der Waals surface area contributed by atoms with Crippen molar-refractivity contribution >= 4 is 25.6 Å². The van der Waals surface area contributed by atoms with Crippen LogP contribution < -0.4 is 4.72 Å². The summed E-state index contributed by atoms with van der Waals surface area (Å²) in [5.41, 5.74) is 0.967. The van der Waals surface area contributed by atoms with Crippen LogP contribution in [0.3, 0.4) is 0 Å². The van der Waals surface area contributed by atoms with Crippen molar-refractivity contribution in [3.05, 3.63) is 60.2 Å². The summed E-state index contributed by atoms with van der Waals surface area (Å²) < 4.78 is 51.2.